The minimum Gasteiger partial charge on any atom is -0.497 e. The molecule has 0 saturated carbocycles. The smallest absolute Gasteiger partial charge is 0.497 e. The van der Waals surface area contributed by atoms with Gasteiger partial charge in [-0.05, 0) is 64.4 Å². The van der Waals surface area contributed by atoms with Gasteiger partial charge in [-0.25, -0.2) is 0 Å². The van der Waals surface area contributed by atoms with E-state index in [1.54, 1.807) is 18.4 Å². The SMILES string of the molecule is CCc1ccc(-c2cc(OC)cc(-c3ccc(CC)cc3)c2-c2cccc[s+]2)cc1.F[B-](F)(F)F. The Kier molecular flexibility index (Phi) is 9.04. The molecule has 0 aliphatic heterocycles. The van der Waals surface area contributed by atoms with Gasteiger partial charge < -0.3 is 22.0 Å². The van der Waals surface area contributed by atoms with Crippen molar-refractivity contribution in [3.63, 3.8) is 0 Å². The third kappa shape index (κ3) is 7.40. The van der Waals surface area contributed by atoms with E-state index in [9.17, 15) is 17.3 Å². The Morgan fingerprint density at radius 1 is 0.714 bits per heavy atom. The number of ether oxygens (including phenoxy) is 1. The van der Waals surface area contributed by atoms with Crippen LogP contribution in [-0.4, -0.2) is 14.4 Å². The first kappa shape index (κ1) is 26.4. The first-order valence-corrected chi connectivity index (χ1v) is 12.3. The highest BCUT2D eigenvalue weighted by Crippen LogP contribution is 2.44. The lowest BCUT2D eigenvalue weighted by Gasteiger charge is -2.15. The summed E-state index contributed by atoms with van der Waals surface area (Å²) >= 11 is 1.77. The second-order valence-electron chi connectivity index (χ2n) is 7.86. The van der Waals surface area contributed by atoms with Crippen LogP contribution >= 0.6 is 11.3 Å². The van der Waals surface area contributed by atoms with Gasteiger partial charge in [-0.15, -0.1) is 0 Å². The molecule has 0 atom stereocenters. The molecule has 0 aliphatic rings. The molecular formula is C28H27BF4OS. The summed E-state index contributed by atoms with van der Waals surface area (Å²) in [5, 5.41) is 2.15. The van der Waals surface area contributed by atoms with Crippen LogP contribution in [0.4, 0.5) is 17.3 Å². The maximum Gasteiger partial charge on any atom is 0.673 e. The van der Waals surface area contributed by atoms with Crippen LogP contribution in [0.2, 0.25) is 0 Å². The van der Waals surface area contributed by atoms with E-state index in [4.69, 9.17) is 4.74 Å². The zero-order chi connectivity index (χ0) is 25.4. The summed E-state index contributed by atoms with van der Waals surface area (Å²) < 4.78 is 44.7. The van der Waals surface area contributed by atoms with Crippen LogP contribution in [0.15, 0.2) is 84.2 Å². The molecule has 0 aliphatic carbocycles. The summed E-state index contributed by atoms with van der Waals surface area (Å²) in [5.74, 6) is 0.879. The fourth-order valence-corrected chi connectivity index (χ4v) is 4.59. The van der Waals surface area contributed by atoms with Gasteiger partial charge in [0.25, 0.3) is 0 Å². The summed E-state index contributed by atoms with van der Waals surface area (Å²) in [6.45, 7) is 4.38. The summed E-state index contributed by atoms with van der Waals surface area (Å²) in [4.78, 5) is 1.25. The molecule has 3 aromatic carbocycles. The van der Waals surface area contributed by atoms with Crippen molar-refractivity contribution in [2.45, 2.75) is 26.7 Å². The van der Waals surface area contributed by atoms with E-state index in [0.29, 0.717) is 0 Å². The monoisotopic (exact) mass is 498 g/mol. The summed E-state index contributed by atoms with van der Waals surface area (Å²) in [6.07, 6.45) is 2.09. The van der Waals surface area contributed by atoms with Crippen molar-refractivity contribution in [3.8, 4) is 38.4 Å². The van der Waals surface area contributed by atoms with E-state index in [1.807, 2.05) is 0 Å². The number of methoxy groups -OCH3 is 1. The molecule has 35 heavy (non-hydrogen) atoms. The average Bonchev–Trinajstić information content (AvgIpc) is 2.87. The van der Waals surface area contributed by atoms with Gasteiger partial charge >= 0.3 is 7.25 Å². The van der Waals surface area contributed by atoms with Gasteiger partial charge in [0.2, 0.25) is 16.2 Å². The summed E-state index contributed by atoms with van der Waals surface area (Å²) in [7, 11) is -4.26. The minimum atomic E-state index is -6.00. The van der Waals surface area contributed by atoms with E-state index < -0.39 is 7.25 Å². The average molecular weight is 498 g/mol. The van der Waals surface area contributed by atoms with Gasteiger partial charge in [-0.3, -0.25) is 0 Å². The number of hydrogen-bond donors (Lipinski definition) is 0. The van der Waals surface area contributed by atoms with Crippen molar-refractivity contribution in [2.24, 2.45) is 0 Å². The van der Waals surface area contributed by atoms with Crippen LogP contribution in [0.1, 0.15) is 25.0 Å². The van der Waals surface area contributed by atoms with E-state index >= 15 is 0 Å². The predicted molar refractivity (Wildman–Crippen MR) is 141 cm³/mol. The molecule has 4 aromatic rings. The molecule has 4 rings (SSSR count). The van der Waals surface area contributed by atoms with Gasteiger partial charge in [0.15, 0.2) is 5.38 Å². The molecule has 0 bridgehead atoms. The fraction of sp³-hybridized carbons (Fsp3) is 0.179. The molecule has 0 N–H and O–H groups in total. The number of hydrogen-bond acceptors (Lipinski definition) is 1. The topological polar surface area (TPSA) is 9.23 Å². The zero-order valence-electron chi connectivity index (χ0n) is 19.9. The second-order valence-corrected chi connectivity index (χ2v) is 8.81. The largest absolute Gasteiger partial charge is 0.673 e. The molecule has 0 amide bonds. The van der Waals surface area contributed by atoms with Crippen molar-refractivity contribution in [3.05, 3.63) is 95.4 Å². The van der Waals surface area contributed by atoms with Crippen LogP contribution in [0, 0.1) is 0 Å². The van der Waals surface area contributed by atoms with Crippen molar-refractivity contribution >= 4 is 18.6 Å². The molecule has 1 nitrogen and oxygen atoms in total. The number of benzene rings is 3. The quantitative estimate of drug-likeness (QED) is 0.146. The van der Waals surface area contributed by atoms with Gasteiger partial charge in [-0.1, -0.05) is 68.4 Å². The van der Waals surface area contributed by atoms with E-state index in [0.717, 1.165) is 18.6 Å². The normalized spacial score (nSPS) is 10.9. The Hall–Kier alpha value is -3.19. The first-order chi connectivity index (χ1) is 16.7. The molecular weight excluding hydrogens is 471 g/mol. The highest BCUT2D eigenvalue weighted by Gasteiger charge is 2.22. The van der Waals surface area contributed by atoms with Crippen molar-refractivity contribution in [1.29, 1.82) is 0 Å². The summed E-state index contributed by atoms with van der Waals surface area (Å²) in [6, 6.07) is 28.6. The van der Waals surface area contributed by atoms with Gasteiger partial charge in [-0.2, -0.15) is 0 Å². The highest BCUT2D eigenvalue weighted by molar-refractivity contribution is 7.13. The first-order valence-electron chi connectivity index (χ1n) is 11.4. The molecule has 0 spiro atoms. The van der Waals surface area contributed by atoms with Crippen LogP contribution in [0.3, 0.4) is 0 Å². The molecule has 0 radical (unpaired) electrons. The Balaban J connectivity index is 0.000000623. The van der Waals surface area contributed by atoms with Crippen molar-refractivity contribution < 1.29 is 22.0 Å². The van der Waals surface area contributed by atoms with Gasteiger partial charge in [0.05, 0.1) is 12.7 Å². The number of aryl methyl sites for hydroxylation is 2. The third-order valence-corrected chi connectivity index (χ3v) is 6.46. The van der Waals surface area contributed by atoms with E-state index in [1.165, 1.54) is 43.8 Å². The predicted octanol–water partition coefficient (Wildman–Crippen LogP) is 9.46. The third-order valence-electron chi connectivity index (χ3n) is 5.57. The van der Waals surface area contributed by atoms with Crippen molar-refractivity contribution in [2.75, 3.05) is 7.11 Å². The van der Waals surface area contributed by atoms with E-state index in [-0.39, 0.29) is 0 Å². The van der Waals surface area contributed by atoms with Crippen LogP contribution < -0.4 is 4.74 Å². The standard InChI is InChI=1S/C28H27OS.BF4/c1-4-20-9-13-22(14-10-20)25-18-24(29-3)19-26(23-15-11-21(5-2)12-16-23)28(25)27-8-6-7-17-30-27;2-1(3,4)5/h6-19H,4-5H2,1-3H3;/q+1;-1. The second kappa shape index (κ2) is 12.0. The van der Waals surface area contributed by atoms with Crippen LogP contribution in [-0.2, 0) is 12.8 Å². The maximum atomic E-state index is 9.75. The molecule has 0 saturated heterocycles. The van der Waals surface area contributed by atoms with Gasteiger partial charge in [0, 0.05) is 6.07 Å². The zero-order valence-corrected chi connectivity index (χ0v) is 20.7. The maximum absolute atomic E-state index is 9.75. The summed E-state index contributed by atoms with van der Waals surface area (Å²) in [5.41, 5.74) is 8.78. The number of rotatable bonds is 6. The fourth-order valence-electron chi connectivity index (χ4n) is 3.78. The Labute approximate surface area is 208 Å². The molecule has 0 fully saturated rings. The number of halogens is 4. The Morgan fingerprint density at radius 3 is 1.51 bits per heavy atom. The molecule has 0 unspecified atom stereocenters. The van der Waals surface area contributed by atoms with E-state index in [2.05, 4.69) is 98.1 Å². The Morgan fingerprint density at radius 2 is 1.17 bits per heavy atom. The van der Waals surface area contributed by atoms with Crippen molar-refractivity contribution in [1.82, 2.24) is 0 Å². The molecule has 182 valence electrons. The molecule has 7 heteroatoms. The highest BCUT2D eigenvalue weighted by atomic mass is 32.1. The minimum absolute atomic E-state index is 0.879. The van der Waals surface area contributed by atoms with Crippen LogP contribution in [0.25, 0.3) is 32.7 Å². The lowest BCUT2D eigenvalue weighted by atomic mass is 9.89. The Bertz CT molecular complexity index is 1150. The lowest BCUT2D eigenvalue weighted by molar-refractivity contribution is 0.368. The van der Waals surface area contributed by atoms with Crippen LogP contribution in [0.5, 0.6) is 5.75 Å². The van der Waals surface area contributed by atoms with Gasteiger partial charge in [0.1, 0.15) is 5.75 Å². The lowest BCUT2D eigenvalue weighted by Crippen LogP contribution is -2.02. The molecule has 1 aromatic heterocycles. The molecule has 1 heterocycles.